The summed E-state index contributed by atoms with van der Waals surface area (Å²) in [6, 6.07) is 6.47. The van der Waals surface area contributed by atoms with Gasteiger partial charge in [-0.15, -0.1) is 0 Å². The lowest BCUT2D eigenvalue weighted by atomic mass is 10.1. The summed E-state index contributed by atoms with van der Waals surface area (Å²) in [6.07, 6.45) is 0. The molecule has 1 aromatic carbocycles. The number of nitrogens with two attached hydrogens (primary N) is 1. The van der Waals surface area contributed by atoms with Gasteiger partial charge in [0.1, 0.15) is 5.82 Å². The van der Waals surface area contributed by atoms with E-state index in [-0.39, 0.29) is 11.4 Å². The van der Waals surface area contributed by atoms with Crippen molar-refractivity contribution in [3.63, 3.8) is 0 Å². The van der Waals surface area contributed by atoms with Crippen LogP contribution in [0.5, 0.6) is 0 Å². The maximum absolute atomic E-state index is 12.6. The number of hydrogen-bond acceptors (Lipinski definition) is 2. The molecule has 3 heteroatoms. The zero-order valence-electron chi connectivity index (χ0n) is 8.68. The number of hydrogen-bond donors (Lipinski definition) is 2. The fraction of sp³-hybridized carbons (Fsp3) is 0.455. The molecular formula is C11H17FN2. The molecule has 0 bridgehead atoms. The Morgan fingerprint density at radius 1 is 1.29 bits per heavy atom. The fourth-order valence-electron chi connectivity index (χ4n) is 1.02. The van der Waals surface area contributed by atoms with Crippen LogP contribution < -0.4 is 11.1 Å². The Kier molecular flexibility index (Phi) is 3.61. The zero-order valence-corrected chi connectivity index (χ0v) is 8.68. The van der Waals surface area contributed by atoms with Crippen LogP contribution in [-0.2, 0) is 6.54 Å². The summed E-state index contributed by atoms with van der Waals surface area (Å²) in [5.74, 6) is -0.202. The van der Waals surface area contributed by atoms with Crippen molar-refractivity contribution in [2.45, 2.75) is 25.9 Å². The Labute approximate surface area is 84.3 Å². The van der Waals surface area contributed by atoms with Crippen molar-refractivity contribution < 1.29 is 4.39 Å². The topological polar surface area (TPSA) is 38.0 Å². The van der Waals surface area contributed by atoms with Crippen LogP contribution in [0.3, 0.4) is 0 Å². The smallest absolute Gasteiger partial charge is 0.123 e. The van der Waals surface area contributed by atoms with Crippen molar-refractivity contribution in [2.24, 2.45) is 5.73 Å². The molecule has 0 unspecified atom stereocenters. The first kappa shape index (κ1) is 11.1. The van der Waals surface area contributed by atoms with Gasteiger partial charge >= 0.3 is 0 Å². The SMILES string of the molecule is CC(C)(CN)NCc1ccc(F)cc1. The van der Waals surface area contributed by atoms with E-state index < -0.39 is 0 Å². The van der Waals surface area contributed by atoms with Gasteiger partial charge in [-0.25, -0.2) is 4.39 Å². The van der Waals surface area contributed by atoms with E-state index in [9.17, 15) is 4.39 Å². The van der Waals surface area contributed by atoms with Crippen molar-refractivity contribution in [3.05, 3.63) is 35.6 Å². The molecule has 0 heterocycles. The maximum atomic E-state index is 12.6. The Hall–Kier alpha value is -0.930. The van der Waals surface area contributed by atoms with Gasteiger partial charge in [-0.3, -0.25) is 0 Å². The predicted octanol–water partition coefficient (Wildman–Crippen LogP) is 1.65. The number of benzene rings is 1. The maximum Gasteiger partial charge on any atom is 0.123 e. The van der Waals surface area contributed by atoms with Crippen LogP contribution in [0, 0.1) is 5.82 Å². The Bertz CT molecular complexity index is 280. The average molecular weight is 196 g/mol. The molecule has 14 heavy (non-hydrogen) atoms. The summed E-state index contributed by atoms with van der Waals surface area (Å²) in [5.41, 5.74) is 6.56. The third-order valence-electron chi connectivity index (χ3n) is 2.19. The van der Waals surface area contributed by atoms with Crippen LogP contribution in [0.2, 0.25) is 0 Å². The molecule has 0 fully saturated rings. The molecule has 2 nitrogen and oxygen atoms in total. The van der Waals surface area contributed by atoms with Gasteiger partial charge in [0.25, 0.3) is 0 Å². The van der Waals surface area contributed by atoms with E-state index in [1.807, 2.05) is 13.8 Å². The zero-order chi connectivity index (χ0) is 10.6. The van der Waals surface area contributed by atoms with Gasteiger partial charge in [-0.05, 0) is 31.5 Å². The minimum Gasteiger partial charge on any atom is -0.329 e. The van der Waals surface area contributed by atoms with E-state index in [0.717, 1.165) is 5.56 Å². The molecule has 3 N–H and O–H groups in total. The standard InChI is InChI=1S/C11H17FN2/c1-11(2,8-13)14-7-9-3-5-10(12)6-4-9/h3-6,14H,7-8,13H2,1-2H3. The number of nitrogens with one attached hydrogen (secondary N) is 1. The Morgan fingerprint density at radius 3 is 2.36 bits per heavy atom. The molecule has 1 aromatic rings. The molecule has 0 radical (unpaired) electrons. The normalized spacial score (nSPS) is 11.7. The highest BCUT2D eigenvalue weighted by Crippen LogP contribution is 2.05. The van der Waals surface area contributed by atoms with Gasteiger partial charge in [-0.2, -0.15) is 0 Å². The Morgan fingerprint density at radius 2 is 1.86 bits per heavy atom. The molecule has 1 rings (SSSR count). The minimum absolute atomic E-state index is 0.0750. The van der Waals surface area contributed by atoms with Gasteiger partial charge < -0.3 is 11.1 Å². The van der Waals surface area contributed by atoms with E-state index >= 15 is 0 Å². The molecule has 0 aromatic heterocycles. The molecule has 0 saturated carbocycles. The summed E-state index contributed by atoms with van der Waals surface area (Å²) in [6.45, 7) is 5.37. The molecule has 0 amide bonds. The summed E-state index contributed by atoms with van der Waals surface area (Å²) in [5, 5.41) is 3.30. The second kappa shape index (κ2) is 4.53. The summed E-state index contributed by atoms with van der Waals surface area (Å²) < 4.78 is 12.6. The second-order valence-electron chi connectivity index (χ2n) is 4.07. The third kappa shape index (κ3) is 3.44. The highest BCUT2D eigenvalue weighted by atomic mass is 19.1. The second-order valence-corrected chi connectivity index (χ2v) is 4.07. The monoisotopic (exact) mass is 196 g/mol. The van der Waals surface area contributed by atoms with E-state index in [4.69, 9.17) is 5.73 Å². The lowest BCUT2D eigenvalue weighted by Crippen LogP contribution is -2.45. The van der Waals surface area contributed by atoms with Crippen LogP contribution in [0.1, 0.15) is 19.4 Å². The molecule has 0 saturated heterocycles. The van der Waals surface area contributed by atoms with Gasteiger partial charge in [0.2, 0.25) is 0 Å². The number of halogens is 1. The molecule has 0 aliphatic carbocycles. The first-order valence-corrected chi connectivity index (χ1v) is 4.73. The summed E-state index contributed by atoms with van der Waals surface area (Å²) in [7, 11) is 0. The van der Waals surface area contributed by atoms with Gasteiger partial charge in [0.05, 0.1) is 0 Å². The lowest BCUT2D eigenvalue weighted by Gasteiger charge is -2.24. The summed E-state index contributed by atoms with van der Waals surface area (Å²) >= 11 is 0. The quantitative estimate of drug-likeness (QED) is 0.768. The van der Waals surface area contributed by atoms with Gasteiger partial charge in [-0.1, -0.05) is 12.1 Å². The van der Waals surface area contributed by atoms with Gasteiger partial charge in [0.15, 0.2) is 0 Å². The van der Waals surface area contributed by atoms with E-state index in [2.05, 4.69) is 5.32 Å². The fourth-order valence-corrected chi connectivity index (χ4v) is 1.02. The Balaban J connectivity index is 2.50. The average Bonchev–Trinajstić information content (AvgIpc) is 2.17. The van der Waals surface area contributed by atoms with Crippen LogP contribution in [0.4, 0.5) is 4.39 Å². The van der Waals surface area contributed by atoms with E-state index in [1.165, 1.54) is 12.1 Å². The van der Waals surface area contributed by atoms with Crippen LogP contribution in [0.25, 0.3) is 0 Å². The van der Waals surface area contributed by atoms with Crippen molar-refractivity contribution >= 4 is 0 Å². The van der Waals surface area contributed by atoms with E-state index in [1.54, 1.807) is 12.1 Å². The van der Waals surface area contributed by atoms with Crippen molar-refractivity contribution in [3.8, 4) is 0 Å². The van der Waals surface area contributed by atoms with E-state index in [0.29, 0.717) is 13.1 Å². The van der Waals surface area contributed by atoms with Crippen molar-refractivity contribution in [1.82, 2.24) is 5.32 Å². The van der Waals surface area contributed by atoms with Gasteiger partial charge in [0, 0.05) is 18.6 Å². The molecule has 0 aliphatic rings. The summed E-state index contributed by atoms with van der Waals surface area (Å²) in [4.78, 5) is 0. The molecule has 0 atom stereocenters. The molecule has 0 spiro atoms. The number of rotatable bonds is 4. The molecular weight excluding hydrogens is 179 g/mol. The molecule has 78 valence electrons. The minimum atomic E-state index is -0.202. The van der Waals surface area contributed by atoms with Crippen LogP contribution in [0.15, 0.2) is 24.3 Å². The van der Waals surface area contributed by atoms with Crippen LogP contribution >= 0.6 is 0 Å². The van der Waals surface area contributed by atoms with Crippen LogP contribution in [-0.4, -0.2) is 12.1 Å². The first-order chi connectivity index (χ1) is 6.53. The lowest BCUT2D eigenvalue weighted by molar-refractivity contribution is 0.396. The largest absolute Gasteiger partial charge is 0.329 e. The highest BCUT2D eigenvalue weighted by Gasteiger charge is 2.13. The third-order valence-corrected chi connectivity index (χ3v) is 2.19. The van der Waals surface area contributed by atoms with Crippen molar-refractivity contribution in [2.75, 3.05) is 6.54 Å². The molecule has 0 aliphatic heterocycles. The van der Waals surface area contributed by atoms with Crippen molar-refractivity contribution in [1.29, 1.82) is 0 Å². The predicted molar refractivity (Wildman–Crippen MR) is 56.4 cm³/mol. The highest BCUT2D eigenvalue weighted by molar-refractivity contribution is 5.16. The first-order valence-electron chi connectivity index (χ1n) is 4.73.